The summed E-state index contributed by atoms with van der Waals surface area (Å²) >= 11 is 3.13. The largest absolute Gasteiger partial charge is 0.477 e. The van der Waals surface area contributed by atoms with E-state index in [1.54, 1.807) is 37.0 Å². The number of thioether (sulfide) groups is 1. The SMILES string of the molecule is CSc1c2sc(C3=C(C(=O)O)N4C(=O)[C@H]([C@@H](C)O)[C@H]4[C@H]3C)cn2c[n+]1Cc1cccc(C[n+]2cccc(C(N)=O)c2)c1. The number of hydrogen-bond donors (Lipinski definition) is 3. The molecule has 3 aromatic heterocycles. The standard InChI is InChI=1S/C30H29N5O5S2/c1-16-22(25(30(39)40)35-24(16)23(17(2)36)27(35)38)21-14-34-15-33(28(41-3)29(34)42-21)12-19-7-4-6-18(10-19)11-32-9-5-8-20(13-32)26(31)37/h4-10,13-17,23-24,36H,11-12H2,1-3H3,(H-2,31,37,39,40)/p+2/t16-,17+,23+,24+/m0/s1. The van der Waals surface area contributed by atoms with Crippen molar-refractivity contribution < 1.29 is 33.7 Å². The van der Waals surface area contributed by atoms with Crippen LogP contribution in [0.15, 0.2) is 72.0 Å². The van der Waals surface area contributed by atoms with Gasteiger partial charge in [-0.05, 0) is 30.9 Å². The van der Waals surface area contributed by atoms with Gasteiger partial charge in [-0.15, -0.1) is 0 Å². The number of carboxylic acid groups (broad SMARTS) is 1. The molecule has 2 aliphatic heterocycles. The first-order valence-corrected chi connectivity index (χ1v) is 15.6. The van der Waals surface area contributed by atoms with Crippen molar-refractivity contribution in [3.05, 3.63) is 88.6 Å². The van der Waals surface area contributed by atoms with Crippen LogP contribution in [0.1, 0.15) is 40.2 Å². The van der Waals surface area contributed by atoms with E-state index in [-0.39, 0.29) is 23.6 Å². The van der Waals surface area contributed by atoms with Crippen LogP contribution >= 0.6 is 23.1 Å². The summed E-state index contributed by atoms with van der Waals surface area (Å²) in [4.78, 5) is 39.8. The van der Waals surface area contributed by atoms with Crippen LogP contribution in [-0.4, -0.2) is 55.7 Å². The Morgan fingerprint density at radius 3 is 2.60 bits per heavy atom. The Bertz CT molecular complexity index is 1790. The first kappa shape index (κ1) is 28.1. The number of rotatable bonds is 9. The monoisotopic (exact) mass is 605 g/mol. The molecule has 2 amide bonds. The topological polar surface area (TPSA) is 133 Å². The lowest BCUT2D eigenvalue weighted by Crippen LogP contribution is -2.63. The maximum absolute atomic E-state index is 12.8. The zero-order chi connectivity index (χ0) is 29.9. The molecule has 0 unspecified atom stereocenters. The number of fused-ring (bicyclic) bond motifs is 2. The molecule has 4 N–H and O–H groups in total. The van der Waals surface area contributed by atoms with Gasteiger partial charge < -0.3 is 20.8 Å². The van der Waals surface area contributed by atoms with Crippen LogP contribution in [0.4, 0.5) is 0 Å². The third-order valence-corrected chi connectivity index (χ3v) is 10.2. The summed E-state index contributed by atoms with van der Waals surface area (Å²) in [5.41, 5.74) is 8.76. The Kier molecular flexibility index (Phi) is 7.16. The highest BCUT2D eigenvalue weighted by atomic mass is 32.2. The zero-order valence-corrected chi connectivity index (χ0v) is 24.9. The summed E-state index contributed by atoms with van der Waals surface area (Å²) in [5.74, 6) is -2.74. The number of carbonyl (C=O) groups excluding carboxylic acids is 2. The number of imidazole rings is 1. The number of nitrogens with two attached hydrogens (primary N) is 1. The number of carboxylic acids is 1. The minimum atomic E-state index is -1.13. The number of benzene rings is 1. The summed E-state index contributed by atoms with van der Waals surface area (Å²) in [6.07, 6.45) is 8.78. The molecule has 4 aromatic rings. The molecule has 1 fully saturated rings. The summed E-state index contributed by atoms with van der Waals surface area (Å²) in [6, 6.07) is 11.4. The van der Waals surface area contributed by atoms with Gasteiger partial charge in [0.25, 0.3) is 12.2 Å². The van der Waals surface area contributed by atoms with Crippen molar-refractivity contribution in [2.45, 2.75) is 44.1 Å². The summed E-state index contributed by atoms with van der Waals surface area (Å²) in [7, 11) is 0. The number of thiazole rings is 1. The van der Waals surface area contributed by atoms with E-state index in [1.165, 1.54) is 16.2 Å². The van der Waals surface area contributed by atoms with Crippen molar-refractivity contribution in [1.29, 1.82) is 0 Å². The third kappa shape index (κ3) is 4.59. The molecule has 0 spiro atoms. The maximum atomic E-state index is 12.8. The second-order valence-corrected chi connectivity index (χ2v) is 12.7. The quantitative estimate of drug-likeness (QED) is 0.152. The molecule has 1 aromatic carbocycles. The molecule has 12 heteroatoms. The summed E-state index contributed by atoms with van der Waals surface area (Å²) < 4.78 is 6.12. The number of pyridine rings is 1. The van der Waals surface area contributed by atoms with Crippen molar-refractivity contribution in [3.63, 3.8) is 0 Å². The number of aliphatic hydroxyl groups excluding tert-OH is 1. The number of carbonyl (C=O) groups is 3. The van der Waals surface area contributed by atoms with Gasteiger partial charge in [0.1, 0.15) is 24.0 Å². The third-order valence-electron chi connectivity index (χ3n) is 8.09. The Labute approximate surface area is 250 Å². The highest BCUT2D eigenvalue weighted by molar-refractivity contribution is 7.98. The van der Waals surface area contributed by atoms with Gasteiger partial charge >= 0.3 is 5.97 Å². The molecule has 0 aliphatic carbocycles. The van der Waals surface area contributed by atoms with Gasteiger partial charge in [-0.1, -0.05) is 48.2 Å². The number of aromatic nitrogens is 3. The van der Waals surface area contributed by atoms with Crippen molar-refractivity contribution in [1.82, 2.24) is 9.30 Å². The smallest absolute Gasteiger partial charge is 0.352 e. The van der Waals surface area contributed by atoms with Crippen molar-refractivity contribution >= 4 is 51.3 Å². The lowest BCUT2D eigenvalue weighted by atomic mass is 9.77. The molecule has 216 valence electrons. The van der Waals surface area contributed by atoms with Gasteiger partial charge in [-0.25, -0.2) is 9.36 Å². The fourth-order valence-electron chi connectivity index (χ4n) is 6.27. The predicted molar refractivity (Wildman–Crippen MR) is 157 cm³/mol. The minimum absolute atomic E-state index is 0.0218. The van der Waals surface area contributed by atoms with Crippen molar-refractivity contribution in [3.8, 4) is 0 Å². The number of aliphatic hydroxyl groups is 1. The second-order valence-electron chi connectivity index (χ2n) is 10.8. The van der Waals surface area contributed by atoms with E-state index in [2.05, 4.69) is 16.7 Å². The fourth-order valence-corrected chi connectivity index (χ4v) is 8.45. The van der Waals surface area contributed by atoms with Crippen LogP contribution in [0.25, 0.3) is 10.4 Å². The lowest BCUT2D eigenvalue weighted by Gasteiger charge is -2.46. The molecule has 42 heavy (non-hydrogen) atoms. The highest BCUT2D eigenvalue weighted by Gasteiger charge is 2.60. The van der Waals surface area contributed by atoms with E-state index in [4.69, 9.17) is 5.73 Å². The van der Waals surface area contributed by atoms with Crippen LogP contribution in [0.5, 0.6) is 0 Å². The average Bonchev–Trinajstić information content (AvgIpc) is 3.55. The Hall–Kier alpha value is -4.00. The fraction of sp³-hybridized carbons (Fsp3) is 0.300. The van der Waals surface area contributed by atoms with Crippen LogP contribution in [0.3, 0.4) is 0 Å². The number of primary amides is 1. The lowest BCUT2D eigenvalue weighted by molar-refractivity contribution is -0.721. The Morgan fingerprint density at radius 2 is 1.93 bits per heavy atom. The van der Waals surface area contributed by atoms with Crippen LogP contribution < -0.4 is 14.9 Å². The Balaban J connectivity index is 1.29. The maximum Gasteiger partial charge on any atom is 0.352 e. The van der Waals surface area contributed by atoms with Gasteiger partial charge in [0.05, 0.1) is 22.9 Å². The molecule has 1 saturated heterocycles. The molecular weight excluding hydrogens is 574 g/mol. The zero-order valence-electron chi connectivity index (χ0n) is 23.3. The average molecular weight is 606 g/mol. The highest BCUT2D eigenvalue weighted by Crippen LogP contribution is 2.51. The van der Waals surface area contributed by atoms with E-state index in [0.29, 0.717) is 24.2 Å². The summed E-state index contributed by atoms with van der Waals surface area (Å²) in [6.45, 7) is 4.75. The van der Waals surface area contributed by atoms with Crippen LogP contribution in [0, 0.1) is 11.8 Å². The molecule has 0 radical (unpaired) electrons. The predicted octanol–water partition coefficient (Wildman–Crippen LogP) is 2.15. The van der Waals surface area contributed by atoms with Crippen molar-refractivity contribution in [2.24, 2.45) is 17.6 Å². The Morgan fingerprint density at radius 1 is 1.19 bits per heavy atom. The van der Waals surface area contributed by atoms with Gasteiger partial charge in [0, 0.05) is 23.1 Å². The second kappa shape index (κ2) is 10.7. The van der Waals surface area contributed by atoms with Gasteiger partial charge in [0.15, 0.2) is 18.9 Å². The molecule has 5 heterocycles. The van der Waals surface area contributed by atoms with E-state index in [1.807, 2.05) is 53.0 Å². The summed E-state index contributed by atoms with van der Waals surface area (Å²) in [5, 5.41) is 21.3. The molecule has 6 rings (SSSR count). The molecule has 0 bridgehead atoms. The van der Waals surface area contributed by atoms with Gasteiger partial charge in [-0.2, -0.15) is 8.97 Å². The number of β-lactam (4-membered cyclic amide) rings is 1. The van der Waals surface area contributed by atoms with E-state index < -0.39 is 23.9 Å². The van der Waals surface area contributed by atoms with E-state index in [9.17, 15) is 24.6 Å². The number of hydrogen-bond acceptors (Lipinski definition) is 6. The van der Waals surface area contributed by atoms with E-state index >= 15 is 0 Å². The first-order chi connectivity index (χ1) is 20.1. The van der Waals surface area contributed by atoms with Crippen LogP contribution in [-0.2, 0) is 22.7 Å². The first-order valence-electron chi connectivity index (χ1n) is 13.5. The number of nitrogens with zero attached hydrogens (tertiary/aromatic N) is 4. The molecule has 10 nitrogen and oxygen atoms in total. The molecule has 4 atom stereocenters. The minimum Gasteiger partial charge on any atom is -0.477 e. The number of aliphatic carboxylic acids is 1. The van der Waals surface area contributed by atoms with Crippen LogP contribution in [0.2, 0.25) is 0 Å². The van der Waals surface area contributed by atoms with Gasteiger partial charge in [0.2, 0.25) is 15.8 Å². The van der Waals surface area contributed by atoms with Crippen molar-refractivity contribution in [2.75, 3.05) is 6.26 Å². The number of amides is 2. The normalized spacial score (nSPS) is 20.6. The molecule has 2 aliphatic rings. The molecule has 0 saturated carbocycles. The molecular formula is C30H31N5O5S2+2. The van der Waals surface area contributed by atoms with Gasteiger partial charge in [-0.3, -0.25) is 9.59 Å². The van der Waals surface area contributed by atoms with E-state index in [0.717, 1.165) is 25.9 Å².